The Balaban J connectivity index is 0.705. The van der Waals surface area contributed by atoms with E-state index in [0.29, 0.717) is 86.1 Å². The van der Waals surface area contributed by atoms with Crippen LogP contribution in [0.3, 0.4) is 0 Å². The van der Waals surface area contributed by atoms with Gasteiger partial charge in [-0.2, -0.15) is 9.97 Å². The second kappa shape index (κ2) is 20.7. The first kappa shape index (κ1) is 51.5. The Kier molecular flexibility index (Phi) is 13.8. The standard InChI is InChI=1S/C57H59F2N9O9/c1-4-39-42(58)12-11-35-28-37(69)29-40(47(35)39)49-48(59)50-41(30-60-49)51(66-22-7-19-56(2,74)32-66)63-53(62-50)77-33-57-20-8-23-67(57)36(16-21-57)31-76-55(73)65-24-17-38(18-25-65)75-26-6-5-9-34-10-13-43-45(27-34)64(3)54(72)68(43)44-14-15-46(70)61-52(44)71/h1,10-13,27-30,36,38,44,69,74H,6-8,14-26,31-33H2,2-3H3,(H,61,70,71)/t36-,44?,56+,57-/m0/s1. The third-order valence-corrected chi connectivity index (χ3v) is 16.1. The summed E-state index contributed by atoms with van der Waals surface area (Å²) in [7, 11) is 1.64. The molecule has 3 N–H and O–H groups in total. The fourth-order valence-electron chi connectivity index (χ4n) is 12.2. The number of nitrogens with zero attached hydrogens (tertiary/aromatic N) is 8. The number of hydrogen-bond donors (Lipinski definition) is 3. The van der Waals surface area contributed by atoms with Gasteiger partial charge in [-0.25, -0.2) is 18.4 Å². The Morgan fingerprint density at radius 2 is 1.79 bits per heavy atom. The summed E-state index contributed by atoms with van der Waals surface area (Å²) in [6.07, 6.45) is 13.5. The van der Waals surface area contributed by atoms with Crippen molar-refractivity contribution in [1.82, 2.24) is 39.2 Å². The molecule has 11 rings (SSSR count). The van der Waals surface area contributed by atoms with Gasteiger partial charge in [-0.15, -0.1) is 6.42 Å². The number of nitrogens with one attached hydrogen (secondary N) is 1. The first-order chi connectivity index (χ1) is 37.1. The Morgan fingerprint density at radius 3 is 2.58 bits per heavy atom. The molecule has 3 amide bonds. The highest BCUT2D eigenvalue weighted by Gasteiger charge is 2.50. The van der Waals surface area contributed by atoms with E-state index in [9.17, 15) is 29.4 Å². The van der Waals surface area contributed by atoms with Gasteiger partial charge in [0, 0.05) is 74.8 Å². The van der Waals surface area contributed by atoms with Crippen LogP contribution >= 0.6 is 0 Å². The molecule has 5 saturated heterocycles. The number of imidazole rings is 1. The SMILES string of the molecule is C#Cc1c(F)ccc2cc(O)cc(-c3ncc4c(N5CCC[C@@](C)(O)C5)nc(OC[C@@]56CCCN5[C@H](COC(=O)N5CCC(OCCC#Cc7ccc8c(c7)n(C)c(=O)n8C7CCC(=O)NC7=O)CC5)CC6)nc4c3F)c12. The number of ether oxygens (including phenoxy) is 3. The number of carbonyl (C=O) groups is 3. The number of amides is 3. The number of aromatic nitrogens is 5. The predicted molar refractivity (Wildman–Crippen MR) is 281 cm³/mol. The van der Waals surface area contributed by atoms with Gasteiger partial charge in [0.25, 0.3) is 0 Å². The molecule has 18 nitrogen and oxygen atoms in total. The lowest BCUT2D eigenvalue weighted by Gasteiger charge is -2.38. The minimum absolute atomic E-state index is 0.0295. The topological polar surface area (TPSA) is 207 Å². The zero-order valence-corrected chi connectivity index (χ0v) is 42.9. The number of terminal acetylenes is 1. The predicted octanol–water partition coefficient (Wildman–Crippen LogP) is 6.23. The summed E-state index contributed by atoms with van der Waals surface area (Å²) in [6, 6.07) is 9.92. The van der Waals surface area contributed by atoms with E-state index in [0.717, 1.165) is 32.2 Å². The van der Waals surface area contributed by atoms with Crippen molar-refractivity contribution < 1.29 is 47.6 Å². The van der Waals surface area contributed by atoms with Crippen molar-refractivity contribution in [3.8, 4) is 47.2 Å². The molecule has 0 spiro atoms. The Labute approximate surface area is 442 Å². The highest BCUT2D eigenvalue weighted by molar-refractivity contribution is 6.03. The zero-order chi connectivity index (χ0) is 53.8. The summed E-state index contributed by atoms with van der Waals surface area (Å²) in [5.41, 5.74) is -0.116. The highest BCUT2D eigenvalue weighted by atomic mass is 19.1. The maximum Gasteiger partial charge on any atom is 0.409 e. The molecule has 1 unspecified atom stereocenters. The smallest absolute Gasteiger partial charge is 0.409 e. The lowest BCUT2D eigenvalue weighted by atomic mass is 9.94. The number of benzene rings is 3. The maximum atomic E-state index is 17.2. The number of likely N-dealkylation sites (tertiary alicyclic amines) is 1. The summed E-state index contributed by atoms with van der Waals surface area (Å²) in [5.74, 6) is 6.49. The average molecular weight is 1050 g/mol. The number of anilines is 1. The molecule has 3 aromatic heterocycles. The van der Waals surface area contributed by atoms with Crippen LogP contribution in [0.2, 0.25) is 0 Å². The average Bonchev–Trinajstić information content (AvgIpc) is 4.14. The van der Waals surface area contributed by atoms with Gasteiger partial charge in [-0.1, -0.05) is 23.8 Å². The van der Waals surface area contributed by atoms with Crippen LogP contribution in [0.5, 0.6) is 11.8 Å². The maximum absolute atomic E-state index is 17.2. The van der Waals surface area contributed by atoms with Crippen LogP contribution in [0.25, 0.3) is 44.0 Å². The van der Waals surface area contributed by atoms with Crippen molar-refractivity contribution in [2.75, 3.05) is 57.4 Å². The lowest BCUT2D eigenvalue weighted by Crippen LogP contribution is -2.48. The number of pyridine rings is 1. The number of imide groups is 1. The van der Waals surface area contributed by atoms with E-state index in [1.165, 1.54) is 39.6 Å². The molecule has 3 aromatic carbocycles. The minimum Gasteiger partial charge on any atom is -0.508 e. The third-order valence-electron chi connectivity index (χ3n) is 16.1. The number of hydrogen-bond acceptors (Lipinski definition) is 14. The van der Waals surface area contributed by atoms with Crippen molar-refractivity contribution in [3.05, 3.63) is 81.9 Å². The fraction of sp³-hybridized carbons (Fsp3) is 0.456. The first-order valence-corrected chi connectivity index (χ1v) is 26.3. The van der Waals surface area contributed by atoms with Crippen LogP contribution < -0.4 is 20.6 Å². The van der Waals surface area contributed by atoms with Gasteiger partial charge in [0.05, 0.1) is 45.8 Å². The van der Waals surface area contributed by atoms with Gasteiger partial charge in [0.15, 0.2) is 5.82 Å². The van der Waals surface area contributed by atoms with Crippen molar-refractivity contribution in [2.24, 2.45) is 7.05 Å². The number of aromatic hydroxyl groups is 1. The number of piperidine rings is 3. The van der Waals surface area contributed by atoms with Crippen LogP contribution in [0.15, 0.2) is 53.5 Å². The fourth-order valence-corrected chi connectivity index (χ4v) is 12.2. The monoisotopic (exact) mass is 1050 g/mol. The number of carbonyl (C=O) groups excluding carboxylic acids is 3. The molecule has 8 heterocycles. The molecule has 5 fully saturated rings. The normalized spacial score (nSPS) is 23.0. The van der Waals surface area contributed by atoms with E-state index in [2.05, 4.69) is 37.9 Å². The van der Waals surface area contributed by atoms with Crippen LogP contribution in [0, 0.1) is 35.8 Å². The minimum atomic E-state index is -1.03. The van der Waals surface area contributed by atoms with Crippen LogP contribution in [0.1, 0.15) is 94.7 Å². The number of phenols is 1. The van der Waals surface area contributed by atoms with Crippen LogP contribution in [0.4, 0.5) is 19.4 Å². The number of phenolic OH excluding ortho intramolecular Hbond substituents is 1. The van der Waals surface area contributed by atoms with Crippen molar-refractivity contribution in [1.29, 1.82) is 0 Å². The Morgan fingerprint density at radius 1 is 0.974 bits per heavy atom. The molecule has 5 aliphatic heterocycles. The van der Waals surface area contributed by atoms with E-state index in [-0.39, 0.29) is 107 Å². The molecule has 6 aromatic rings. The van der Waals surface area contributed by atoms with Crippen LogP contribution in [-0.2, 0) is 26.1 Å². The molecular formula is C57H59F2N9O9. The van der Waals surface area contributed by atoms with Crippen LogP contribution in [-0.4, -0.2) is 138 Å². The molecular weight excluding hydrogens is 993 g/mol. The number of aryl methyl sites for hydroxylation is 1. The van der Waals surface area contributed by atoms with Gasteiger partial charge in [-0.3, -0.25) is 33.9 Å². The molecule has 5 aliphatic rings. The second-order valence-corrected chi connectivity index (χ2v) is 21.3. The molecule has 400 valence electrons. The molecule has 4 atom stereocenters. The molecule has 0 bridgehead atoms. The van der Waals surface area contributed by atoms with Gasteiger partial charge in [0.2, 0.25) is 11.8 Å². The summed E-state index contributed by atoms with van der Waals surface area (Å²) < 4.78 is 53.8. The molecule has 77 heavy (non-hydrogen) atoms. The van der Waals surface area contributed by atoms with Gasteiger partial charge in [-0.05, 0) is 113 Å². The Hall–Kier alpha value is -7.65. The molecule has 20 heteroatoms. The quantitative estimate of drug-likeness (QED) is 0.0748. The number of fused-ring (bicyclic) bond motifs is 4. The Bertz CT molecular complexity index is 3540. The van der Waals surface area contributed by atoms with Gasteiger partial charge in [0.1, 0.15) is 47.9 Å². The number of β-amino-alcohol motifs (C(OH)–C–C–N with tert-alkyl or cyclic N) is 1. The van der Waals surface area contributed by atoms with E-state index < -0.39 is 34.7 Å². The number of aliphatic hydroxyl groups is 1. The molecule has 0 saturated carbocycles. The summed E-state index contributed by atoms with van der Waals surface area (Å²) >= 11 is 0. The lowest BCUT2D eigenvalue weighted by molar-refractivity contribution is -0.135. The van der Waals surface area contributed by atoms with E-state index in [4.69, 9.17) is 25.6 Å². The largest absolute Gasteiger partial charge is 0.508 e. The van der Waals surface area contributed by atoms with Crippen molar-refractivity contribution in [3.63, 3.8) is 0 Å². The van der Waals surface area contributed by atoms with Crippen molar-refractivity contribution >= 4 is 56.4 Å². The molecule has 0 aliphatic carbocycles. The zero-order valence-electron chi connectivity index (χ0n) is 42.9. The summed E-state index contributed by atoms with van der Waals surface area (Å²) in [6.45, 7) is 5.11. The van der Waals surface area contributed by atoms with E-state index in [1.807, 2.05) is 17.0 Å². The van der Waals surface area contributed by atoms with Gasteiger partial charge < -0.3 is 34.2 Å². The number of halogens is 2. The second-order valence-electron chi connectivity index (χ2n) is 21.3. The summed E-state index contributed by atoms with van der Waals surface area (Å²) in [4.78, 5) is 70.7. The van der Waals surface area contributed by atoms with Crippen molar-refractivity contribution in [2.45, 2.75) is 107 Å². The van der Waals surface area contributed by atoms with Gasteiger partial charge >= 0.3 is 17.8 Å². The van der Waals surface area contributed by atoms with E-state index >= 15 is 8.78 Å². The first-order valence-electron chi connectivity index (χ1n) is 26.3. The third kappa shape index (κ3) is 9.90. The number of rotatable bonds is 11. The molecule has 0 radical (unpaired) electrons. The van der Waals surface area contributed by atoms with E-state index in [1.54, 1.807) is 24.9 Å². The summed E-state index contributed by atoms with van der Waals surface area (Å²) in [5, 5.41) is 25.1. The highest BCUT2D eigenvalue weighted by Crippen LogP contribution is 2.44.